The van der Waals surface area contributed by atoms with E-state index in [4.69, 9.17) is 11.6 Å². The van der Waals surface area contributed by atoms with Crippen LogP contribution in [0.25, 0.3) is 10.8 Å². The van der Waals surface area contributed by atoms with Gasteiger partial charge in [0.05, 0.1) is 11.9 Å². The zero-order valence-electron chi connectivity index (χ0n) is 14.9. The van der Waals surface area contributed by atoms with Crippen LogP contribution in [-0.2, 0) is 14.8 Å². The number of halogens is 1. The number of carbonyl (C=O) groups excluding carboxylic acids is 1. The molecule has 3 aromatic rings. The normalized spacial score (nSPS) is 11.4. The Balaban J connectivity index is 1.92. The summed E-state index contributed by atoms with van der Waals surface area (Å²) in [5, 5.41) is 4.89. The van der Waals surface area contributed by atoms with Crippen LogP contribution < -0.4 is 9.62 Å². The van der Waals surface area contributed by atoms with E-state index in [1.807, 2.05) is 37.3 Å². The summed E-state index contributed by atoms with van der Waals surface area (Å²) in [6.45, 7) is 1.53. The molecule has 3 rings (SSSR count). The number of anilines is 2. The van der Waals surface area contributed by atoms with Crippen molar-refractivity contribution in [2.75, 3.05) is 22.4 Å². The minimum Gasteiger partial charge on any atom is -0.324 e. The van der Waals surface area contributed by atoms with Crippen molar-refractivity contribution in [3.63, 3.8) is 0 Å². The Morgan fingerprint density at radius 2 is 1.78 bits per heavy atom. The highest BCUT2D eigenvalue weighted by Crippen LogP contribution is 2.28. The molecule has 0 spiro atoms. The van der Waals surface area contributed by atoms with E-state index in [0.717, 1.165) is 26.9 Å². The van der Waals surface area contributed by atoms with Gasteiger partial charge in [-0.05, 0) is 36.1 Å². The Bertz CT molecular complexity index is 1110. The number of nitrogens with zero attached hydrogens (tertiary/aromatic N) is 1. The molecule has 1 amide bonds. The fraction of sp³-hybridized carbons (Fsp3) is 0.150. The number of hydrogen-bond donors (Lipinski definition) is 1. The lowest BCUT2D eigenvalue weighted by Crippen LogP contribution is -2.37. The molecule has 0 aliphatic heterocycles. The van der Waals surface area contributed by atoms with Crippen LogP contribution in [0.5, 0.6) is 0 Å². The molecule has 0 saturated carbocycles. The average molecular weight is 403 g/mol. The molecule has 27 heavy (non-hydrogen) atoms. The van der Waals surface area contributed by atoms with Gasteiger partial charge in [-0.1, -0.05) is 54.1 Å². The van der Waals surface area contributed by atoms with Gasteiger partial charge in [0.2, 0.25) is 15.9 Å². The van der Waals surface area contributed by atoms with Crippen LogP contribution in [0.4, 0.5) is 11.4 Å². The lowest BCUT2D eigenvalue weighted by molar-refractivity contribution is -0.114. The number of aryl methyl sites for hydroxylation is 1. The molecule has 0 unspecified atom stereocenters. The number of nitrogens with one attached hydrogen (secondary N) is 1. The number of hydrogen-bond acceptors (Lipinski definition) is 3. The van der Waals surface area contributed by atoms with Crippen molar-refractivity contribution in [2.45, 2.75) is 6.92 Å². The van der Waals surface area contributed by atoms with Crippen LogP contribution in [0.3, 0.4) is 0 Å². The minimum atomic E-state index is -3.67. The van der Waals surface area contributed by atoms with Crippen molar-refractivity contribution in [1.82, 2.24) is 0 Å². The smallest absolute Gasteiger partial charge is 0.245 e. The van der Waals surface area contributed by atoms with Gasteiger partial charge in [0.25, 0.3) is 0 Å². The maximum atomic E-state index is 12.5. The molecule has 0 radical (unpaired) electrons. The number of fused-ring (bicyclic) bond motifs is 1. The summed E-state index contributed by atoms with van der Waals surface area (Å²) < 4.78 is 25.9. The molecule has 3 aromatic carbocycles. The minimum absolute atomic E-state index is 0.335. The number of rotatable bonds is 5. The second kappa shape index (κ2) is 7.58. The van der Waals surface area contributed by atoms with E-state index in [1.165, 1.54) is 0 Å². The molecule has 0 aliphatic carbocycles. The summed E-state index contributed by atoms with van der Waals surface area (Å²) in [5.41, 5.74) is 1.87. The van der Waals surface area contributed by atoms with E-state index in [1.54, 1.807) is 30.3 Å². The van der Waals surface area contributed by atoms with Crippen LogP contribution in [0.1, 0.15) is 5.56 Å². The highest BCUT2D eigenvalue weighted by atomic mass is 35.5. The largest absolute Gasteiger partial charge is 0.324 e. The molecule has 0 atom stereocenters. The quantitative estimate of drug-likeness (QED) is 0.695. The van der Waals surface area contributed by atoms with E-state index in [2.05, 4.69) is 5.32 Å². The Morgan fingerprint density at radius 1 is 1.07 bits per heavy atom. The van der Waals surface area contributed by atoms with Crippen LogP contribution in [0.2, 0.25) is 5.02 Å². The lowest BCUT2D eigenvalue weighted by atomic mass is 10.1. The summed E-state index contributed by atoms with van der Waals surface area (Å²) in [4.78, 5) is 12.5. The molecule has 0 bridgehead atoms. The van der Waals surface area contributed by atoms with Crippen LogP contribution in [0, 0.1) is 6.92 Å². The summed E-state index contributed by atoms with van der Waals surface area (Å²) in [7, 11) is -3.67. The Kier molecular flexibility index (Phi) is 5.39. The van der Waals surface area contributed by atoms with Crippen molar-refractivity contribution < 1.29 is 13.2 Å². The molecule has 0 fully saturated rings. The topological polar surface area (TPSA) is 66.5 Å². The molecule has 0 heterocycles. The molecule has 5 nitrogen and oxygen atoms in total. The number of amides is 1. The molecule has 7 heteroatoms. The summed E-state index contributed by atoms with van der Waals surface area (Å²) >= 11 is 6.08. The maximum Gasteiger partial charge on any atom is 0.245 e. The molecule has 0 aromatic heterocycles. The standard InChI is InChI=1S/C20H19ClN2O3S/c1-14-10-11-16(12-18(14)21)22-20(24)13-23(27(2,25)26)19-9-5-7-15-6-3-4-8-17(15)19/h3-12H,13H2,1-2H3,(H,22,24). The molecule has 0 aliphatic rings. The maximum absolute atomic E-state index is 12.5. The molecular weight excluding hydrogens is 384 g/mol. The van der Waals surface area contributed by atoms with Gasteiger partial charge in [0.15, 0.2) is 0 Å². The Morgan fingerprint density at radius 3 is 2.48 bits per heavy atom. The first kappa shape index (κ1) is 19.2. The van der Waals surface area contributed by atoms with E-state index < -0.39 is 15.9 Å². The molecule has 1 N–H and O–H groups in total. The van der Waals surface area contributed by atoms with E-state index in [9.17, 15) is 13.2 Å². The van der Waals surface area contributed by atoms with Crippen molar-refractivity contribution >= 4 is 49.7 Å². The van der Waals surface area contributed by atoms with E-state index in [0.29, 0.717) is 16.4 Å². The van der Waals surface area contributed by atoms with Gasteiger partial charge in [0.1, 0.15) is 6.54 Å². The summed E-state index contributed by atoms with van der Waals surface area (Å²) in [6.07, 6.45) is 1.09. The van der Waals surface area contributed by atoms with Gasteiger partial charge in [-0.25, -0.2) is 8.42 Å². The molecule has 0 saturated heterocycles. The molecule has 140 valence electrons. The summed E-state index contributed by atoms with van der Waals surface area (Å²) in [6, 6.07) is 18.0. The van der Waals surface area contributed by atoms with Gasteiger partial charge in [-0.15, -0.1) is 0 Å². The predicted molar refractivity (Wildman–Crippen MR) is 111 cm³/mol. The van der Waals surface area contributed by atoms with Crippen molar-refractivity contribution in [1.29, 1.82) is 0 Å². The first-order chi connectivity index (χ1) is 12.8. The SMILES string of the molecule is Cc1ccc(NC(=O)CN(c2cccc3ccccc23)S(C)(=O)=O)cc1Cl. The Labute approximate surface area is 163 Å². The van der Waals surface area contributed by atoms with Gasteiger partial charge >= 0.3 is 0 Å². The highest BCUT2D eigenvalue weighted by molar-refractivity contribution is 7.92. The number of carbonyl (C=O) groups is 1. The number of sulfonamides is 1. The van der Waals surface area contributed by atoms with Gasteiger partial charge in [-0.3, -0.25) is 9.10 Å². The predicted octanol–water partition coefficient (Wildman–Crippen LogP) is 4.21. The third-order valence-electron chi connectivity index (χ3n) is 4.18. The van der Waals surface area contributed by atoms with Crippen LogP contribution >= 0.6 is 11.6 Å². The zero-order chi connectivity index (χ0) is 19.6. The van der Waals surface area contributed by atoms with Crippen LogP contribution in [-0.4, -0.2) is 27.1 Å². The second-order valence-electron chi connectivity index (χ2n) is 6.28. The van der Waals surface area contributed by atoms with E-state index in [-0.39, 0.29) is 6.54 Å². The Hall–Kier alpha value is -2.57. The number of benzene rings is 3. The first-order valence-electron chi connectivity index (χ1n) is 8.27. The van der Waals surface area contributed by atoms with E-state index >= 15 is 0 Å². The molecular formula is C20H19ClN2O3S. The van der Waals surface area contributed by atoms with Gasteiger partial charge < -0.3 is 5.32 Å². The fourth-order valence-corrected chi connectivity index (χ4v) is 3.86. The van der Waals surface area contributed by atoms with Crippen molar-refractivity contribution in [3.05, 3.63) is 71.2 Å². The highest BCUT2D eigenvalue weighted by Gasteiger charge is 2.22. The lowest BCUT2D eigenvalue weighted by Gasteiger charge is -2.23. The summed E-state index contributed by atoms with van der Waals surface area (Å²) in [5.74, 6) is -0.451. The van der Waals surface area contributed by atoms with Gasteiger partial charge in [0, 0.05) is 16.1 Å². The third kappa shape index (κ3) is 4.40. The zero-order valence-corrected chi connectivity index (χ0v) is 16.5. The second-order valence-corrected chi connectivity index (χ2v) is 8.59. The van der Waals surface area contributed by atoms with Crippen molar-refractivity contribution in [3.8, 4) is 0 Å². The van der Waals surface area contributed by atoms with Crippen LogP contribution in [0.15, 0.2) is 60.7 Å². The fourth-order valence-electron chi connectivity index (χ4n) is 2.81. The monoisotopic (exact) mass is 402 g/mol. The average Bonchev–Trinajstić information content (AvgIpc) is 2.61. The third-order valence-corrected chi connectivity index (χ3v) is 5.71. The van der Waals surface area contributed by atoms with Gasteiger partial charge in [-0.2, -0.15) is 0 Å². The first-order valence-corrected chi connectivity index (χ1v) is 10.5. The van der Waals surface area contributed by atoms with Crippen molar-refractivity contribution in [2.24, 2.45) is 0 Å².